The van der Waals surface area contributed by atoms with Crippen LogP contribution in [0.1, 0.15) is 81.5 Å². The van der Waals surface area contributed by atoms with Gasteiger partial charge in [0.15, 0.2) is 0 Å². The lowest BCUT2D eigenvalue weighted by Crippen LogP contribution is -2.52. The van der Waals surface area contributed by atoms with Crippen molar-refractivity contribution in [3.8, 4) is 0 Å². The molecule has 3 saturated heterocycles. The average molecular weight is 652 g/mol. The summed E-state index contributed by atoms with van der Waals surface area (Å²) in [5.74, 6) is -0.706. The molecule has 0 radical (unpaired) electrons. The van der Waals surface area contributed by atoms with Crippen molar-refractivity contribution in [1.82, 2.24) is 20.5 Å². The van der Waals surface area contributed by atoms with E-state index in [1.165, 1.54) is 15.6 Å². The van der Waals surface area contributed by atoms with E-state index in [-0.39, 0.29) is 41.4 Å². The normalized spacial score (nSPS) is 22.7. The highest BCUT2D eigenvalue weighted by molar-refractivity contribution is 7.92. The van der Waals surface area contributed by atoms with E-state index in [0.29, 0.717) is 31.5 Å². The topological polar surface area (TPSA) is 132 Å². The summed E-state index contributed by atoms with van der Waals surface area (Å²) in [6, 6.07) is 13.5. The number of likely N-dealkylation sites (tertiary alicyclic amines) is 1. The molecule has 3 aliphatic rings. The van der Waals surface area contributed by atoms with Crippen molar-refractivity contribution >= 4 is 38.9 Å². The van der Waals surface area contributed by atoms with Crippen molar-refractivity contribution in [3.05, 3.63) is 81.3 Å². The minimum atomic E-state index is -3.60. The van der Waals surface area contributed by atoms with Crippen LogP contribution < -0.4 is 14.9 Å². The van der Waals surface area contributed by atoms with Gasteiger partial charge in [0, 0.05) is 41.3 Å². The predicted molar refractivity (Wildman–Crippen MR) is 175 cm³/mol. The molecule has 2 aromatic carbocycles. The van der Waals surface area contributed by atoms with Crippen LogP contribution in [0.15, 0.2) is 53.9 Å². The van der Waals surface area contributed by atoms with Crippen molar-refractivity contribution in [1.29, 1.82) is 0 Å². The van der Waals surface area contributed by atoms with Gasteiger partial charge in [-0.05, 0) is 82.2 Å². The number of sulfonamides is 1. The second kappa shape index (κ2) is 13.6. The Kier molecular flexibility index (Phi) is 9.55. The largest absolute Gasteiger partial charge is 0.389 e. The van der Waals surface area contributed by atoms with Gasteiger partial charge >= 0.3 is 0 Å². The van der Waals surface area contributed by atoms with E-state index in [1.54, 1.807) is 23.1 Å². The van der Waals surface area contributed by atoms with Crippen LogP contribution in [0.3, 0.4) is 0 Å². The first-order valence-electron chi connectivity index (χ1n) is 15.8. The molecule has 12 heteroatoms. The van der Waals surface area contributed by atoms with Crippen molar-refractivity contribution < 1.29 is 23.1 Å². The Labute approximate surface area is 268 Å². The van der Waals surface area contributed by atoms with E-state index in [1.807, 2.05) is 42.6 Å². The lowest BCUT2D eigenvalue weighted by molar-refractivity contribution is 0.0733. The van der Waals surface area contributed by atoms with E-state index in [0.717, 1.165) is 48.5 Å². The number of nitrogens with zero attached hydrogens (tertiary/aromatic N) is 3. The summed E-state index contributed by atoms with van der Waals surface area (Å²) < 4.78 is 27.6. The van der Waals surface area contributed by atoms with Crippen molar-refractivity contribution in [2.75, 3.05) is 29.7 Å². The van der Waals surface area contributed by atoms with E-state index < -0.39 is 28.1 Å². The number of hydrogen-bond donors (Lipinski definition) is 3. The maximum absolute atomic E-state index is 14.1. The van der Waals surface area contributed by atoms with Gasteiger partial charge < -0.3 is 20.6 Å². The molecule has 2 amide bonds. The minimum Gasteiger partial charge on any atom is -0.389 e. The van der Waals surface area contributed by atoms with Crippen molar-refractivity contribution in [3.63, 3.8) is 0 Å². The van der Waals surface area contributed by atoms with Gasteiger partial charge in [-0.15, -0.1) is 11.3 Å². The third-order valence-electron chi connectivity index (χ3n) is 9.04. The van der Waals surface area contributed by atoms with Gasteiger partial charge in [-0.2, -0.15) is 0 Å². The molecule has 4 heterocycles. The van der Waals surface area contributed by atoms with Gasteiger partial charge in [-0.3, -0.25) is 13.9 Å². The first-order chi connectivity index (χ1) is 21.7. The lowest BCUT2D eigenvalue weighted by Gasteiger charge is -2.30. The first-order valence-corrected chi connectivity index (χ1v) is 18.3. The summed E-state index contributed by atoms with van der Waals surface area (Å²) in [5.41, 5.74) is 2.63. The first kappa shape index (κ1) is 31.7. The van der Waals surface area contributed by atoms with E-state index in [4.69, 9.17) is 0 Å². The Balaban J connectivity index is 1.34. The molecular formula is C33H41N5O5S2. The third kappa shape index (κ3) is 7.09. The standard InChI is InChI=1S/C33H41N5O5S2/c1-22-21-44-32(35-22)29-12-8-14-37(29)33(41)25-18-24(19-26(20-25)38-15-5-6-16-45(38,42)43)31(40)36-28(17-23-9-3-2-4-10-23)30(39)27-11-7-13-34-27/h2-4,9-10,18-21,27-30,34,39H,5-8,11-17H2,1H3,(H,36,40)/t27-,28+,29-,30-/m1/s1. The van der Waals surface area contributed by atoms with Crippen LogP contribution >= 0.6 is 11.3 Å². The molecular weight excluding hydrogens is 611 g/mol. The fourth-order valence-corrected chi connectivity index (χ4v) is 9.27. The second-order valence-corrected chi connectivity index (χ2v) is 15.2. The minimum absolute atomic E-state index is 0.0179. The molecule has 0 saturated carbocycles. The van der Waals surface area contributed by atoms with Gasteiger partial charge in [-0.25, -0.2) is 13.4 Å². The number of hydrogen-bond acceptors (Lipinski definition) is 8. The molecule has 0 unspecified atom stereocenters. The number of amides is 2. The van der Waals surface area contributed by atoms with Crippen LogP contribution in [0.5, 0.6) is 0 Å². The molecule has 10 nitrogen and oxygen atoms in total. The average Bonchev–Trinajstić information content (AvgIpc) is 3.83. The van der Waals surface area contributed by atoms with Crippen LogP contribution in [0.25, 0.3) is 0 Å². The molecule has 0 spiro atoms. The highest BCUT2D eigenvalue weighted by Crippen LogP contribution is 2.36. The van der Waals surface area contributed by atoms with Gasteiger partial charge in [0.1, 0.15) is 5.01 Å². The maximum Gasteiger partial charge on any atom is 0.254 e. The fraction of sp³-hybridized carbons (Fsp3) is 0.485. The summed E-state index contributed by atoms with van der Waals surface area (Å²) in [7, 11) is -3.60. The zero-order valence-electron chi connectivity index (χ0n) is 25.5. The fourth-order valence-electron chi connectivity index (χ4n) is 6.71. The highest BCUT2D eigenvalue weighted by Gasteiger charge is 2.35. The number of carbonyl (C=O) groups is 2. The second-order valence-electron chi connectivity index (χ2n) is 12.3. The molecule has 3 aromatic rings. The third-order valence-corrected chi connectivity index (χ3v) is 12.0. The zero-order valence-corrected chi connectivity index (χ0v) is 27.2. The predicted octanol–water partition coefficient (Wildman–Crippen LogP) is 3.81. The van der Waals surface area contributed by atoms with Gasteiger partial charge in [0.25, 0.3) is 11.8 Å². The number of aromatic nitrogens is 1. The van der Waals surface area contributed by atoms with Crippen LogP contribution in [0, 0.1) is 6.92 Å². The number of rotatable bonds is 9. The molecule has 240 valence electrons. The Morgan fingerprint density at radius 1 is 1.07 bits per heavy atom. The quantitative estimate of drug-likeness (QED) is 0.321. The molecule has 3 aliphatic heterocycles. The van der Waals surface area contributed by atoms with Crippen LogP contribution in [-0.4, -0.2) is 78.8 Å². The van der Waals surface area contributed by atoms with Crippen LogP contribution in [-0.2, 0) is 16.4 Å². The van der Waals surface area contributed by atoms with Crippen molar-refractivity contribution in [2.45, 2.75) is 76.1 Å². The highest BCUT2D eigenvalue weighted by atomic mass is 32.2. The number of aliphatic hydroxyl groups excluding tert-OH is 1. The molecule has 0 bridgehead atoms. The summed E-state index contributed by atoms with van der Waals surface area (Å²) in [6.45, 7) is 3.58. The monoisotopic (exact) mass is 651 g/mol. The Morgan fingerprint density at radius 3 is 2.58 bits per heavy atom. The van der Waals surface area contributed by atoms with Gasteiger partial charge in [-0.1, -0.05) is 30.3 Å². The van der Waals surface area contributed by atoms with Crippen LogP contribution in [0.4, 0.5) is 5.69 Å². The summed E-state index contributed by atoms with van der Waals surface area (Å²) in [5, 5.41) is 20.6. The Hall–Kier alpha value is -3.32. The number of thiazole rings is 1. The van der Waals surface area contributed by atoms with E-state index in [9.17, 15) is 23.1 Å². The van der Waals surface area contributed by atoms with Gasteiger partial charge in [0.2, 0.25) is 10.0 Å². The van der Waals surface area contributed by atoms with E-state index >= 15 is 0 Å². The molecule has 4 atom stereocenters. The van der Waals surface area contributed by atoms with Gasteiger partial charge in [0.05, 0.1) is 29.6 Å². The molecule has 6 rings (SSSR count). The van der Waals surface area contributed by atoms with E-state index in [2.05, 4.69) is 15.6 Å². The SMILES string of the molecule is Cc1csc([C@H]2CCCN2C(=O)c2cc(C(=O)N[C@@H](Cc3ccccc3)[C@H](O)[C@H]3CCCN3)cc(N3CCCCS3(=O)=O)c2)n1. The number of nitrogens with one attached hydrogen (secondary N) is 2. The van der Waals surface area contributed by atoms with Crippen LogP contribution in [0.2, 0.25) is 0 Å². The number of anilines is 1. The number of aryl methyl sites for hydroxylation is 1. The maximum atomic E-state index is 14.1. The summed E-state index contributed by atoms with van der Waals surface area (Å²) >= 11 is 1.53. The molecule has 0 aliphatic carbocycles. The number of carbonyl (C=O) groups excluding carboxylic acids is 2. The van der Waals surface area contributed by atoms with Crippen molar-refractivity contribution in [2.24, 2.45) is 0 Å². The molecule has 3 fully saturated rings. The smallest absolute Gasteiger partial charge is 0.254 e. The number of aliphatic hydroxyl groups is 1. The Morgan fingerprint density at radius 2 is 1.87 bits per heavy atom. The molecule has 45 heavy (non-hydrogen) atoms. The number of benzene rings is 2. The Bertz CT molecular complexity index is 1620. The summed E-state index contributed by atoms with van der Waals surface area (Å²) in [6.07, 6.45) is 4.22. The molecule has 3 N–H and O–H groups in total. The molecule has 1 aromatic heterocycles. The lowest BCUT2D eigenvalue weighted by atomic mass is 9.95. The zero-order chi connectivity index (χ0) is 31.6. The summed E-state index contributed by atoms with van der Waals surface area (Å²) in [4.78, 5) is 34.5.